The van der Waals surface area contributed by atoms with Gasteiger partial charge in [0.05, 0.1) is 12.4 Å². The highest BCUT2D eigenvalue weighted by molar-refractivity contribution is 6.13. The third-order valence-corrected chi connectivity index (χ3v) is 1.83. The lowest BCUT2D eigenvalue weighted by Crippen LogP contribution is -2.43. The zero-order valence-corrected chi connectivity index (χ0v) is 7.92. The molecule has 0 saturated carbocycles. The molecule has 0 aromatic rings. The largest absolute Gasteiger partial charge is 0.472 e. The summed E-state index contributed by atoms with van der Waals surface area (Å²) >= 11 is 0. The molecule has 0 bridgehead atoms. The van der Waals surface area contributed by atoms with Gasteiger partial charge < -0.3 is 9.47 Å². The average Bonchev–Trinajstić information content (AvgIpc) is 2.28. The van der Waals surface area contributed by atoms with Crippen LogP contribution in [0.3, 0.4) is 0 Å². The van der Waals surface area contributed by atoms with Gasteiger partial charge in [0.2, 0.25) is 5.78 Å². The molecule has 1 aliphatic heterocycles. The SMILES string of the molecule is CCOC(=O)C1(C)OC(C)=CC1=O. The first-order chi connectivity index (χ1) is 6.00. The maximum Gasteiger partial charge on any atom is 0.358 e. The Morgan fingerprint density at radius 1 is 1.69 bits per heavy atom. The van der Waals surface area contributed by atoms with Crippen LogP contribution in [0.2, 0.25) is 0 Å². The predicted molar refractivity (Wildman–Crippen MR) is 44.9 cm³/mol. The van der Waals surface area contributed by atoms with E-state index in [0.717, 1.165) is 0 Å². The van der Waals surface area contributed by atoms with Crippen LogP contribution in [0, 0.1) is 0 Å². The van der Waals surface area contributed by atoms with Crippen molar-refractivity contribution >= 4 is 11.8 Å². The predicted octanol–water partition coefficient (Wildman–Crippen LogP) is 0.811. The van der Waals surface area contributed by atoms with Crippen LogP contribution >= 0.6 is 0 Å². The number of hydrogen-bond donors (Lipinski definition) is 0. The van der Waals surface area contributed by atoms with Crippen LogP contribution in [0.1, 0.15) is 20.8 Å². The number of rotatable bonds is 2. The minimum atomic E-state index is -1.46. The molecule has 4 nitrogen and oxygen atoms in total. The van der Waals surface area contributed by atoms with Crippen LogP contribution < -0.4 is 0 Å². The quantitative estimate of drug-likeness (QED) is 0.470. The molecule has 72 valence electrons. The van der Waals surface area contributed by atoms with Gasteiger partial charge in [-0.1, -0.05) is 0 Å². The summed E-state index contributed by atoms with van der Waals surface area (Å²) in [6.07, 6.45) is 1.30. The van der Waals surface area contributed by atoms with E-state index >= 15 is 0 Å². The number of hydrogen-bond acceptors (Lipinski definition) is 4. The van der Waals surface area contributed by atoms with Gasteiger partial charge in [0.1, 0.15) is 0 Å². The molecular weight excluding hydrogens is 172 g/mol. The molecule has 4 heteroatoms. The molecule has 0 aromatic heterocycles. The topological polar surface area (TPSA) is 52.6 Å². The Hall–Kier alpha value is -1.32. The van der Waals surface area contributed by atoms with Gasteiger partial charge in [-0.2, -0.15) is 0 Å². The van der Waals surface area contributed by atoms with E-state index in [1.165, 1.54) is 13.0 Å². The average molecular weight is 184 g/mol. The molecule has 0 aliphatic carbocycles. The molecule has 1 aliphatic rings. The van der Waals surface area contributed by atoms with Crippen molar-refractivity contribution in [2.75, 3.05) is 6.61 Å². The van der Waals surface area contributed by atoms with Gasteiger partial charge in [0, 0.05) is 6.08 Å². The second-order valence-corrected chi connectivity index (χ2v) is 2.98. The molecule has 1 heterocycles. The Balaban J connectivity index is 2.80. The number of carbonyl (C=O) groups is 2. The summed E-state index contributed by atoms with van der Waals surface area (Å²) in [5.74, 6) is -0.544. The standard InChI is InChI=1S/C9H12O4/c1-4-12-8(11)9(3)7(10)5-6(2)13-9/h5H,4H2,1-3H3. The highest BCUT2D eigenvalue weighted by atomic mass is 16.6. The number of carbonyl (C=O) groups excluding carboxylic acids is 2. The van der Waals surface area contributed by atoms with Crippen molar-refractivity contribution in [2.45, 2.75) is 26.4 Å². The second kappa shape index (κ2) is 3.20. The van der Waals surface area contributed by atoms with Crippen molar-refractivity contribution in [1.82, 2.24) is 0 Å². The Labute approximate surface area is 76.5 Å². The monoisotopic (exact) mass is 184 g/mol. The van der Waals surface area contributed by atoms with Crippen LogP contribution in [0.15, 0.2) is 11.8 Å². The molecule has 0 spiro atoms. The molecule has 13 heavy (non-hydrogen) atoms. The van der Waals surface area contributed by atoms with Gasteiger partial charge in [-0.15, -0.1) is 0 Å². The van der Waals surface area contributed by atoms with E-state index in [1.807, 2.05) is 0 Å². The van der Waals surface area contributed by atoms with E-state index < -0.39 is 11.6 Å². The normalized spacial score (nSPS) is 26.7. The number of ketones is 1. The highest BCUT2D eigenvalue weighted by Crippen LogP contribution is 2.25. The van der Waals surface area contributed by atoms with Crippen molar-refractivity contribution in [1.29, 1.82) is 0 Å². The Kier molecular flexibility index (Phi) is 2.40. The molecule has 0 saturated heterocycles. The Morgan fingerprint density at radius 2 is 2.31 bits per heavy atom. The fourth-order valence-electron chi connectivity index (χ4n) is 1.14. The molecular formula is C9H12O4. The molecule has 0 fully saturated rings. The summed E-state index contributed by atoms with van der Waals surface area (Å²) in [7, 11) is 0. The Morgan fingerprint density at radius 3 is 2.69 bits per heavy atom. The number of esters is 1. The lowest BCUT2D eigenvalue weighted by atomic mass is 10.0. The first kappa shape index (κ1) is 9.77. The van der Waals surface area contributed by atoms with Gasteiger partial charge >= 0.3 is 5.97 Å². The summed E-state index contributed by atoms with van der Waals surface area (Å²) in [6.45, 7) is 4.97. The minimum Gasteiger partial charge on any atom is -0.472 e. The van der Waals surface area contributed by atoms with Gasteiger partial charge in [-0.3, -0.25) is 4.79 Å². The van der Waals surface area contributed by atoms with E-state index in [9.17, 15) is 9.59 Å². The van der Waals surface area contributed by atoms with E-state index in [-0.39, 0.29) is 12.4 Å². The van der Waals surface area contributed by atoms with Crippen molar-refractivity contribution in [2.24, 2.45) is 0 Å². The van der Waals surface area contributed by atoms with Crippen molar-refractivity contribution < 1.29 is 19.1 Å². The first-order valence-electron chi connectivity index (χ1n) is 4.09. The fourth-order valence-corrected chi connectivity index (χ4v) is 1.14. The van der Waals surface area contributed by atoms with Crippen molar-refractivity contribution in [3.8, 4) is 0 Å². The maximum atomic E-state index is 11.3. The zero-order chi connectivity index (χ0) is 10.1. The molecule has 1 unspecified atom stereocenters. The van der Waals surface area contributed by atoms with Crippen molar-refractivity contribution in [3.63, 3.8) is 0 Å². The maximum absolute atomic E-state index is 11.3. The third kappa shape index (κ3) is 1.56. The van der Waals surface area contributed by atoms with E-state index in [1.54, 1.807) is 13.8 Å². The summed E-state index contributed by atoms with van der Waals surface area (Å²) < 4.78 is 9.84. The fraction of sp³-hybridized carbons (Fsp3) is 0.556. The molecule has 0 radical (unpaired) electrons. The number of allylic oxidation sites excluding steroid dienone is 1. The molecule has 0 N–H and O–H groups in total. The van der Waals surface area contributed by atoms with Crippen LogP contribution in [0.25, 0.3) is 0 Å². The van der Waals surface area contributed by atoms with E-state index in [4.69, 9.17) is 9.47 Å². The van der Waals surface area contributed by atoms with E-state index in [2.05, 4.69) is 0 Å². The third-order valence-electron chi connectivity index (χ3n) is 1.83. The summed E-state index contributed by atoms with van der Waals surface area (Å²) in [4.78, 5) is 22.6. The molecule has 1 atom stereocenters. The van der Waals surface area contributed by atoms with Gasteiger partial charge in [-0.05, 0) is 20.8 Å². The highest BCUT2D eigenvalue weighted by Gasteiger charge is 2.47. The lowest BCUT2D eigenvalue weighted by molar-refractivity contribution is -0.166. The summed E-state index contributed by atoms with van der Waals surface area (Å²) in [5, 5.41) is 0. The van der Waals surface area contributed by atoms with Crippen molar-refractivity contribution in [3.05, 3.63) is 11.8 Å². The second-order valence-electron chi connectivity index (χ2n) is 2.98. The smallest absolute Gasteiger partial charge is 0.358 e. The Bertz CT molecular complexity index is 279. The first-order valence-corrected chi connectivity index (χ1v) is 4.09. The summed E-state index contributed by atoms with van der Waals surface area (Å²) in [5.41, 5.74) is -1.46. The number of ether oxygens (including phenoxy) is 2. The molecule has 0 amide bonds. The van der Waals surface area contributed by atoms with Crippen LogP contribution in [0.5, 0.6) is 0 Å². The van der Waals surface area contributed by atoms with Crippen LogP contribution in [-0.4, -0.2) is 24.0 Å². The lowest BCUT2D eigenvalue weighted by Gasteiger charge is -2.20. The minimum absolute atomic E-state index is 0.240. The van der Waals surface area contributed by atoms with Crippen LogP contribution in [0.4, 0.5) is 0 Å². The van der Waals surface area contributed by atoms with Gasteiger partial charge in [0.25, 0.3) is 5.60 Å². The molecule has 1 rings (SSSR count). The van der Waals surface area contributed by atoms with Gasteiger partial charge in [-0.25, -0.2) is 4.79 Å². The summed E-state index contributed by atoms with van der Waals surface area (Å²) in [6, 6.07) is 0. The van der Waals surface area contributed by atoms with E-state index in [0.29, 0.717) is 5.76 Å². The van der Waals surface area contributed by atoms with Crippen LogP contribution in [-0.2, 0) is 19.1 Å². The molecule has 0 aromatic carbocycles. The zero-order valence-electron chi connectivity index (χ0n) is 7.92. The van der Waals surface area contributed by atoms with Gasteiger partial charge in [0.15, 0.2) is 0 Å².